The summed E-state index contributed by atoms with van der Waals surface area (Å²) in [5.41, 5.74) is 1.19. The summed E-state index contributed by atoms with van der Waals surface area (Å²) in [6.45, 7) is 4.04. The zero-order valence-electron chi connectivity index (χ0n) is 12.0. The largest absolute Gasteiger partial charge is 0.497 e. The highest BCUT2D eigenvalue weighted by atomic mass is 16.5. The Morgan fingerprint density at radius 2 is 1.90 bits per heavy atom. The van der Waals surface area contributed by atoms with Crippen molar-refractivity contribution in [3.63, 3.8) is 0 Å². The normalized spacial score (nSPS) is 24.8. The van der Waals surface area contributed by atoms with E-state index in [-0.39, 0.29) is 0 Å². The van der Waals surface area contributed by atoms with Gasteiger partial charge in [-0.05, 0) is 36.0 Å². The van der Waals surface area contributed by atoms with E-state index in [0.29, 0.717) is 24.2 Å². The van der Waals surface area contributed by atoms with E-state index in [9.17, 15) is 4.79 Å². The van der Waals surface area contributed by atoms with Crippen LogP contribution in [-0.4, -0.2) is 44.1 Å². The average Bonchev–Trinajstić information content (AvgIpc) is 3.06. The van der Waals surface area contributed by atoms with Gasteiger partial charge in [0.25, 0.3) is 0 Å². The predicted octanol–water partition coefficient (Wildman–Crippen LogP) is 1.31. The van der Waals surface area contributed by atoms with E-state index in [1.165, 1.54) is 5.56 Å². The van der Waals surface area contributed by atoms with Crippen LogP contribution in [0.3, 0.4) is 0 Å². The number of methoxy groups -OCH3 is 1. The van der Waals surface area contributed by atoms with Gasteiger partial charge in [-0.25, -0.2) is 0 Å². The van der Waals surface area contributed by atoms with Crippen LogP contribution >= 0.6 is 0 Å². The van der Waals surface area contributed by atoms with E-state index in [1.54, 1.807) is 7.11 Å². The van der Waals surface area contributed by atoms with Gasteiger partial charge in [0.2, 0.25) is 5.91 Å². The van der Waals surface area contributed by atoms with Crippen LogP contribution in [0.4, 0.5) is 0 Å². The lowest BCUT2D eigenvalue weighted by Gasteiger charge is -2.17. The number of carbonyl (C=O) groups is 1. The third-order valence-electron chi connectivity index (χ3n) is 4.53. The first kappa shape index (κ1) is 13.4. The Morgan fingerprint density at radius 1 is 1.25 bits per heavy atom. The fourth-order valence-electron chi connectivity index (χ4n) is 3.26. The number of amides is 1. The van der Waals surface area contributed by atoms with Gasteiger partial charge in [0, 0.05) is 32.6 Å². The number of hydrogen-bond donors (Lipinski definition) is 1. The standard InChI is InChI=1S/C16H22N2O2/c1-20-15-5-2-12(3-6-15)4-7-16(19)18-10-13-8-17-9-14(13)11-18/h2-3,5-6,13-14,17H,4,7-11H2,1H3/t13-,14+. The molecule has 1 aromatic rings. The number of hydrogen-bond acceptors (Lipinski definition) is 3. The first-order valence-corrected chi connectivity index (χ1v) is 7.37. The van der Waals surface area contributed by atoms with Crippen molar-refractivity contribution in [2.24, 2.45) is 11.8 Å². The first-order valence-electron chi connectivity index (χ1n) is 7.37. The molecule has 0 saturated carbocycles. The van der Waals surface area contributed by atoms with Gasteiger partial charge in [-0.2, -0.15) is 0 Å². The average molecular weight is 274 g/mol. The van der Waals surface area contributed by atoms with Crippen molar-refractivity contribution >= 4 is 5.91 Å². The van der Waals surface area contributed by atoms with Crippen LogP contribution < -0.4 is 10.1 Å². The Kier molecular flexibility index (Phi) is 3.92. The van der Waals surface area contributed by atoms with Crippen molar-refractivity contribution in [1.29, 1.82) is 0 Å². The summed E-state index contributed by atoms with van der Waals surface area (Å²) < 4.78 is 5.14. The molecule has 0 aromatic heterocycles. The number of ether oxygens (including phenoxy) is 1. The van der Waals surface area contributed by atoms with E-state index in [1.807, 2.05) is 24.3 Å². The molecule has 2 atom stereocenters. The van der Waals surface area contributed by atoms with Gasteiger partial charge < -0.3 is 15.0 Å². The molecule has 2 aliphatic rings. The van der Waals surface area contributed by atoms with Crippen LogP contribution in [0.15, 0.2) is 24.3 Å². The van der Waals surface area contributed by atoms with Gasteiger partial charge >= 0.3 is 0 Å². The van der Waals surface area contributed by atoms with Crippen molar-refractivity contribution in [2.45, 2.75) is 12.8 Å². The quantitative estimate of drug-likeness (QED) is 0.900. The highest BCUT2D eigenvalue weighted by Crippen LogP contribution is 2.26. The van der Waals surface area contributed by atoms with Crippen molar-refractivity contribution < 1.29 is 9.53 Å². The van der Waals surface area contributed by atoms with E-state index in [4.69, 9.17) is 4.74 Å². The number of aryl methyl sites for hydroxylation is 1. The van der Waals surface area contributed by atoms with Crippen molar-refractivity contribution in [1.82, 2.24) is 10.2 Å². The van der Waals surface area contributed by atoms with Crippen LogP contribution in [0.2, 0.25) is 0 Å². The second-order valence-electron chi connectivity index (χ2n) is 5.83. The fraction of sp³-hybridized carbons (Fsp3) is 0.562. The van der Waals surface area contributed by atoms with Crippen LogP contribution in [-0.2, 0) is 11.2 Å². The van der Waals surface area contributed by atoms with Crippen molar-refractivity contribution in [3.05, 3.63) is 29.8 Å². The molecule has 20 heavy (non-hydrogen) atoms. The Labute approximate surface area is 120 Å². The summed E-state index contributed by atoms with van der Waals surface area (Å²) in [6.07, 6.45) is 1.42. The van der Waals surface area contributed by atoms with E-state index < -0.39 is 0 Å². The summed E-state index contributed by atoms with van der Waals surface area (Å²) >= 11 is 0. The molecule has 0 bridgehead atoms. The molecule has 1 aromatic carbocycles. The lowest BCUT2D eigenvalue weighted by Crippen LogP contribution is -2.31. The van der Waals surface area contributed by atoms with Crippen molar-refractivity contribution in [2.75, 3.05) is 33.3 Å². The Bertz CT molecular complexity index is 460. The summed E-state index contributed by atoms with van der Waals surface area (Å²) in [6, 6.07) is 7.97. The summed E-state index contributed by atoms with van der Waals surface area (Å²) in [7, 11) is 1.66. The molecule has 1 amide bonds. The van der Waals surface area contributed by atoms with Gasteiger partial charge in [0.15, 0.2) is 0 Å². The van der Waals surface area contributed by atoms with E-state index in [0.717, 1.165) is 38.3 Å². The number of carbonyl (C=O) groups excluding carboxylic acids is 1. The lowest BCUT2D eigenvalue weighted by molar-refractivity contribution is -0.130. The minimum absolute atomic E-state index is 0.301. The summed E-state index contributed by atoms with van der Waals surface area (Å²) in [5, 5.41) is 3.40. The van der Waals surface area contributed by atoms with Crippen LogP contribution in [0, 0.1) is 11.8 Å². The third-order valence-corrected chi connectivity index (χ3v) is 4.53. The number of fused-ring (bicyclic) bond motifs is 1. The molecular weight excluding hydrogens is 252 g/mol. The number of likely N-dealkylation sites (tertiary alicyclic amines) is 1. The Hall–Kier alpha value is -1.55. The van der Waals surface area contributed by atoms with E-state index >= 15 is 0 Å². The van der Waals surface area contributed by atoms with Crippen molar-refractivity contribution in [3.8, 4) is 5.75 Å². The molecule has 4 nitrogen and oxygen atoms in total. The highest BCUT2D eigenvalue weighted by molar-refractivity contribution is 5.76. The second kappa shape index (κ2) is 5.83. The number of nitrogens with zero attached hydrogens (tertiary/aromatic N) is 1. The smallest absolute Gasteiger partial charge is 0.222 e. The van der Waals surface area contributed by atoms with Crippen LogP contribution in [0.25, 0.3) is 0 Å². The van der Waals surface area contributed by atoms with Crippen LogP contribution in [0.1, 0.15) is 12.0 Å². The molecule has 4 heteroatoms. The minimum Gasteiger partial charge on any atom is -0.497 e. The Balaban J connectivity index is 1.49. The molecular formula is C16H22N2O2. The maximum absolute atomic E-state index is 12.3. The molecule has 0 unspecified atom stereocenters. The lowest BCUT2D eigenvalue weighted by atomic mass is 10.0. The summed E-state index contributed by atoms with van der Waals surface area (Å²) in [5.74, 6) is 2.52. The summed E-state index contributed by atoms with van der Waals surface area (Å²) in [4.78, 5) is 14.3. The maximum Gasteiger partial charge on any atom is 0.222 e. The molecule has 1 N–H and O–H groups in total. The topological polar surface area (TPSA) is 41.6 Å². The van der Waals surface area contributed by atoms with Crippen LogP contribution in [0.5, 0.6) is 5.75 Å². The molecule has 108 valence electrons. The Morgan fingerprint density at radius 3 is 2.50 bits per heavy atom. The maximum atomic E-state index is 12.3. The van der Waals surface area contributed by atoms with Gasteiger partial charge in [-0.1, -0.05) is 12.1 Å². The molecule has 2 aliphatic heterocycles. The van der Waals surface area contributed by atoms with Gasteiger partial charge in [0.1, 0.15) is 5.75 Å². The van der Waals surface area contributed by atoms with E-state index in [2.05, 4.69) is 10.2 Å². The first-order chi connectivity index (χ1) is 9.76. The highest BCUT2D eigenvalue weighted by Gasteiger charge is 2.37. The van der Waals surface area contributed by atoms with Gasteiger partial charge in [0.05, 0.1) is 7.11 Å². The molecule has 2 saturated heterocycles. The number of nitrogens with one attached hydrogen (secondary N) is 1. The second-order valence-corrected chi connectivity index (χ2v) is 5.83. The van der Waals surface area contributed by atoms with Gasteiger partial charge in [-0.3, -0.25) is 4.79 Å². The van der Waals surface area contributed by atoms with Gasteiger partial charge in [-0.15, -0.1) is 0 Å². The SMILES string of the molecule is COc1ccc(CCC(=O)N2C[C@H]3CNC[C@H]3C2)cc1. The predicted molar refractivity (Wildman–Crippen MR) is 77.7 cm³/mol. The zero-order valence-corrected chi connectivity index (χ0v) is 12.0. The molecule has 2 heterocycles. The minimum atomic E-state index is 0.301. The molecule has 0 spiro atoms. The molecule has 3 rings (SSSR count). The number of rotatable bonds is 4. The molecule has 0 radical (unpaired) electrons. The molecule has 2 fully saturated rings. The molecule has 0 aliphatic carbocycles. The number of benzene rings is 1. The third kappa shape index (κ3) is 2.80. The monoisotopic (exact) mass is 274 g/mol. The fourth-order valence-corrected chi connectivity index (χ4v) is 3.26. The zero-order chi connectivity index (χ0) is 13.9.